The van der Waals surface area contributed by atoms with Gasteiger partial charge in [0.2, 0.25) is 0 Å². The number of ether oxygens (including phenoxy) is 1. The van der Waals surface area contributed by atoms with Crippen LogP contribution in [0.4, 0.5) is 0 Å². The number of allylic oxidation sites excluding steroid dienone is 6. The summed E-state index contributed by atoms with van der Waals surface area (Å²) in [7, 11) is 0. The van der Waals surface area contributed by atoms with Crippen LogP contribution in [-0.4, -0.2) is 13.2 Å². The van der Waals surface area contributed by atoms with Gasteiger partial charge in [-0.05, 0) is 29.4 Å². The summed E-state index contributed by atoms with van der Waals surface area (Å²) >= 11 is 1.85. The largest absolute Gasteiger partial charge is 0.372 e. The van der Waals surface area contributed by atoms with Gasteiger partial charge in [0.1, 0.15) is 0 Å². The number of rotatable bonds is 3. The predicted molar refractivity (Wildman–Crippen MR) is 85.9 cm³/mol. The van der Waals surface area contributed by atoms with Gasteiger partial charge in [-0.3, -0.25) is 0 Å². The molecule has 20 heavy (non-hydrogen) atoms. The Morgan fingerprint density at radius 1 is 1.45 bits per heavy atom. The number of nitrogens with two attached hydrogens (primary N) is 1. The highest BCUT2D eigenvalue weighted by Gasteiger charge is 2.25. The monoisotopic (exact) mass is 287 g/mol. The highest BCUT2D eigenvalue weighted by atomic mass is 32.1. The molecule has 2 heterocycles. The number of hydrogen-bond donors (Lipinski definition) is 1. The van der Waals surface area contributed by atoms with Crippen molar-refractivity contribution >= 4 is 16.9 Å². The lowest BCUT2D eigenvalue weighted by Gasteiger charge is -2.23. The fourth-order valence-corrected chi connectivity index (χ4v) is 3.96. The van der Waals surface area contributed by atoms with Crippen LogP contribution in [0.15, 0.2) is 35.3 Å². The zero-order valence-corrected chi connectivity index (χ0v) is 12.7. The maximum Gasteiger partial charge on any atom is 0.0963 e. The lowest BCUT2D eigenvalue weighted by atomic mass is 9.95. The maximum absolute atomic E-state index is 5.88. The van der Waals surface area contributed by atoms with Crippen molar-refractivity contribution in [1.82, 2.24) is 0 Å². The normalized spacial score (nSPS) is 22.0. The van der Waals surface area contributed by atoms with Crippen molar-refractivity contribution in [2.24, 2.45) is 5.73 Å². The van der Waals surface area contributed by atoms with Crippen LogP contribution in [0.2, 0.25) is 0 Å². The number of hydrogen-bond acceptors (Lipinski definition) is 3. The molecule has 0 fully saturated rings. The van der Waals surface area contributed by atoms with Gasteiger partial charge >= 0.3 is 0 Å². The fraction of sp³-hybridized carbons (Fsp3) is 0.412. The Morgan fingerprint density at radius 2 is 2.35 bits per heavy atom. The Kier molecular flexibility index (Phi) is 4.20. The van der Waals surface area contributed by atoms with Gasteiger partial charge in [0.05, 0.1) is 12.7 Å². The van der Waals surface area contributed by atoms with E-state index >= 15 is 0 Å². The van der Waals surface area contributed by atoms with E-state index in [1.165, 1.54) is 27.2 Å². The summed E-state index contributed by atoms with van der Waals surface area (Å²) in [6, 6.07) is 0. The molecule has 2 nitrogen and oxygen atoms in total. The second-order valence-corrected chi connectivity index (χ2v) is 6.20. The lowest BCUT2D eigenvalue weighted by Crippen LogP contribution is -2.22. The molecule has 2 N–H and O–H groups in total. The molecule has 0 aromatic carbocycles. The van der Waals surface area contributed by atoms with Crippen LogP contribution in [0, 0.1) is 0 Å². The van der Waals surface area contributed by atoms with E-state index in [1.807, 2.05) is 11.3 Å². The Labute approximate surface area is 124 Å². The number of fused-ring (bicyclic) bond motifs is 1. The van der Waals surface area contributed by atoms with E-state index in [4.69, 9.17) is 10.5 Å². The van der Waals surface area contributed by atoms with Crippen molar-refractivity contribution in [1.29, 1.82) is 0 Å². The van der Waals surface area contributed by atoms with E-state index in [2.05, 4.69) is 36.6 Å². The van der Waals surface area contributed by atoms with Gasteiger partial charge in [-0.25, -0.2) is 0 Å². The molecule has 1 unspecified atom stereocenters. The minimum Gasteiger partial charge on any atom is -0.372 e. The van der Waals surface area contributed by atoms with E-state index in [-0.39, 0.29) is 6.10 Å². The minimum absolute atomic E-state index is 0.0659. The first-order valence-electron chi connectivity index (χ1n) is 7.32. The Hall–Kier alpha value is -1.16. The molecule has 1 aliphatic carbocycles. The second kappa shape index (κ2) is 6.08. The molecule has 0 bridgehead atoms. The smallest absolute Gasteiger partial charge is 0.0963 e. The quantitative estimate of drug-likeness (QED) is 0.912. The van der Waals surface area contributed by atoms with E-state index in [9.17, 15) is 0 Å². The zero-order chi connectivity index (χ0) is 13.9. The average molecular weight is 287 g/mol. The molecular weight excluding hydrogens is 266 g/mol. The van der Waals surface area contributed by atoms with Crippen LogP contribution < -0.4 is 5.73 Å². The molecule has 3 heteroatoms. The topological polar surface area (TPSA) is 35.2 Å². The third-order valence-corrected chi connectivity index (χ3v) is 5.11. The van der Waals surface area contributed by atoms with Gasteiger partial charge in [0, 0.05) is 23.4 Å². The minimum atomic E-state index is 0.0659. The first-order chi connectivity index (χ1) is 9.83. The van der Waals surface area contributed by atoms with E-state index in [0.717, 1.165) is 25.9 Å². The standard InChI is InChI=1S/C17H21NOS/c1-2-12-4-3-5-13(7-6-12)14-11-20-16-8-9-19-15(10-18)17(14)16/h3-5,7,11,15H,2,6,8-10,18H2,1H3. The molecule has 2 aliphatic rings. The van der Waals surface area contributed by atoms with Gasteiger partial charge < -0.3 is 10.5 Å². The third-order valence-electron chi connectivity index (χ3n) is 4.05. The van der Waals surface area contributed by atoms with Crippen LogP contribution in [0.5, 0.6) is 0 Å². The summed E-state index contributed by atoms with van der Waals surface area (Å²) in [6.45, 7) is 3.57. The Balaban J connectivity index is 1.96. The van der Waals surface area contributed by atoms with Crippen LogP contribution in [-0.2, 0) is 11.2 Å². The maximum atomic E-state index is 5.88. The van der Waals surface area contributed by atoms with Crippen LogP contribution in [0.3, 0.4) is 0 Å². The van der Waals surface area contributed by atoms with E-state index in [0.29, 0.717) is 6.54 Å². The third kappa shape index (κ3) is 2.53. The molecule has 1 aromatic heterocycles. The molecule has 1 aliphatic heterocycles. The summed E-state index contributed by atoms with van der Waals surface area (Å²) < 4.78 is 5.83. The zero-order valence-electron chi connectivity index (χ0n) is 11.9. The molecule has 106 valence electrons. The highest BCUT2D eigenvalue weighted by molar-refractivity contribution is 7.10. The SMILES string of the molecule is CCC1=CC=CC(c2csc3c2C(CN)OCC3)=CC1. The molecule has 0 saturated carbocycles. The van der Waals surface area contributed by atoms with Crippen molar-refractivity contribution in [3.05, 3.63) is 51.3 Å². The Morgan fingerprint density at radius 3 is 3.15 bits per heavy atom. The summed E-state index contributed by atoms with van der Waals surface area (Å²) in [5.41, 5.74) is 11.3. The summed E-state index contributed by atoms with van der Waals surface area (Å²) in [5.74, 6) is 0. The first kappa shape index (κ1) is 13.8. The molecule has 0 radical (unpaired) electrons. The van der Waals surface area contributed by atoms with Crippen molar-refractivity contribution < 1.29 is 4.74 Å². The Bertz CT molecular complexity index is 580. The van der Waals surface area contributed by atoms with Crippen molar-refractivity contribution in [2.75, 3.05) is 13.2 Å². The second-order valence-electron chi connectivity index (χ2n) is 5.23. The van der Waals surface area contributed by atoms with Crippen molar-refractivity contribution in [3.63, 3.8) is 0 Å². The molecule has 3 rings (SSSR count). The van der Waals surface area contributed by atoms with Crippen LogP contribution in [0.25, 0.3) is 5.57 Å². The van der Waals surface area contributed by atoms with Crippen molar-refractivity contribution in [3.8, 4) is 0 Å². The molecule has 1 atom stereocenters. The highest BCUT2D eigenvalue weighted by Crippen LogP contribution is 2.38. The van der Waals surface area contributed by atoms with E-state index < -0.39 is 0 Å². The van der Waals surface area contributed by atoms with Gasteiger partial charge in [0.25, 0.3) is 0 Å². The fourth-order valence-electron chi connectivity index (χ4n) is 2.87. The lowest BCUT2D eigenvalue weighted by molar-refractivity contribution is 0.0496. The van der Waals surface area contributed by atoms with Gasteiger partial charge in [0.15, 0.2) is 0 Å². The van der Waals surface area contributed by atoms with Crippen LogP contribution >= 0.6 is 11.3 Å². The summed E-state index contributed by atoms with van der Waals surface area (Å²) in [6.07, 6.45) is 12.2. The summed E-state index contributed by atoms with van der Waals surface area (Å²) in [4.78, 5) is 1.45. The molecule has 1 aromatic rings. The molecule has 0 saturated heterocycles. The van der Waals surface area contributed by atoms with Crippen LogP contribution in [0.1, 0.15) is 41.9 Å². The predicted octanol–water partition coefficient (Wildman–Crippen LogP) is 4.00. The number of thiophene rings is 1. The van der Waals surface area contributed by atoms with Gasteiger partial charge in [-0.2, -0.15) is 0 Å². The molecule has 0 amide bonds. The molecular formula is C17H21NOS. The molecule has 0 spiro atoms. The van der Waals surface area contributed by atoms with Gasteiger partial charge in [-0.1, -0.05) is 36.8 Å². The summed E-state index contributed by atoms with van der Waals surface area (Å²) in [5, 5.41) is 2.27. The van der Waals surface area contributed by atoms with Crippen molar-refractivity contribution in [2.45, 2.75) is 32.3 Å². The van der Waals surface area contributed by atoms with E-state index in [1.54, 1.807) is 0 Å². The first-order valence-corrected chi connectivity index (χ1v) is 8.20. The van der Waals surface area contributed by atoms with Gasteiger partial charge in [-0.15, -0.1) is 11.3 Å². The average Bonchev–Trinajstić information content (AvgIpc) is 2.78.